The van der Waals surface area contributed by atoms with Crippen molar-refractivity contribution in [1.82, 2.24) is 4.98 Å². The molecule has 3 nitrogen and oxygen atoms in total. The maximum Gasteiger partial charge on any atom is 0.227 e. The van der Waals surface area contributed by atoms with E-state index in [0.717, 1.165) is 44.5 Å². The number of anilines is 3. The SMILES string of the molecule is CC1(C)c2ccccc2-c2c(-c3ccc(N(c4ccccc4)c4cc5oc(-c6ccccc6)nc5c5ccccc45)cc3)cccc21. The van der Waals surface area contributed by atoms with Crippen molar-refractivity contribution in [3.05, 3.63) is 169 Å². The van der Waals surface area contributed by atoms with E-state index in [2.05, 4.69) is 146 Å². The van der Waals surface area contributed by atoms with E-state index in [1.54, 1.807) is 0 Å². The second-order valence-electron chi connectivity index (χ2n) is 12.8. The Morgan fingerprint density at radius 1 is 0.532 bits per heavy atom. The molecule has 0 N–H and O–H groups in total. The first kappa shape index (κ1) is 27.4. The van der Waals surface area contributed by atoms with Crippen molar-refractivity contribution in [1.29, 1.82) is 0 Å². The number of para-hydroxylation sites is 1. The summed E-state index contributed by atoms with van der Waals surface area (Å²) in [6, 6.07) is 55.9. The summed E-state index contributed by atoms with van der Waals surface area (Å²) < 4.78 is 6.45. The van der Waals surface area contributed by atoms with Gasteiger partial charge in [-0.25, -0.2) is 4.98 Å². The van der Waals surface area contributed by atoms with Gasteiger partial charge in [0.2, 0.25) is 5.89 Å². The van der Waals surface area contributed by atoms with Gasteiger partial charge in [-0.05, 0) is 69.8 Å². The summed E-state index contributed by atoms with van der Waals surface area (Å²) in [6.45, 7) is 4.67. The number of nitrogens with zero attached hydrogens (tertiary/aromatic N) is 2. The van der Waals surface area contributed by atoms with Gasteiger partial charge in [0.25, 0.3) is 0 Å². The average molecular weight is 605 g/mol. The van der Waals surface area contributed by atoms with Crippen LogP contribution in [0.2, 0.25) is 0 Å². The van der Waals surface area contributed by atoms with Gasteiger partial charge in [0.05, 0.1) is 5.69 Å². The van der Waals surface area contributed by atoms with Crippen LogP contribution < -0.4 is 4.90 Å². The zero-order valence-corrected chi connectivity index (χ0v) is 26.3. The Balaban J connectivity index is 1.21. The van der Waals surface area contributed by atoms with Crippen molar-refractivity contribution in [2.75, 3.05) is 4.90 Å². The zero-order valence-electron chi connectivity index (χ0n) is 26.3. The largest absolute Gasteiger partial charge is 0.436 e. The summed E-state index contributed by atoms with van der Waals surface area (Å²) in [5.41, 5.74) is 13.7. The van der Waals surface area contributed by atoms with E-state index in [1.807, 2.05) is 30.3 Å². The molecule has 0 saturated carbocycles. The number of oxazole rings is 1. The Morgan fingerprint density at radius 3 is 1.94 bits per heavy atom. The molecule has 1 aromatic heterocycles. The molecule has 1 aliphatic carbocycles. The quantitative estimate of drug-likeness (QED) is 0.196. The lowest BCUT2D eigenvalue weighted by Crippen LogP contribution is -2.14. The molecule has 9 rings (SSSR count). The van der Waals surface area contributed by atoms with E-state index in [4.69, 9.17) is 9.40 Å². The average Bonchev–Trinajstić information content (AvgIpc) is 3.67. The van der Waals surface area contributed by atoms with Crippen LogP contribution in [-0.2, 0) is 5.41 Å². The van der Waals surface area contributed by atoms with Crippen molar-refractivity contribution in [3.63, 3.8) is 0 Å². The van der Waals surface area contributed by atoms with Gasteiger partial charge in [0, 0.05) is 39.2 Å². The molecule has 0 saturated heterocycles. The molecular formula is C44H32N2O. The van der Waals surface area contributed by atoms with Crippen LogP contribution >= 0.6 is 0 Å². The highest BCUT2D eigenvalue weighted by Gasteiger charge is 2.36. The maximum atomic E-state index is 6.45. The van der Waals surface area contributed by atoms with Gasteiger partial charge in [-0.1, -0.05) is 129 Å². The first-order chi connectivity index (χ1) is 23.1. The predicted molar refractivity (Wildman–Crippen MR) is 195 cm³/mol. The van der Waals surface area contributed by atoms with Crippen LogP contribution in [0.3, 0.4) is 0 Å². The Hall–Kier alpha value is -5.93. The van der Waals surface area contributed by atoms with Crippen LogP contribution in [0.25, 0.3) is 55.6 Å². The summed E-state index contributed by atoms with van der Waals surface area (Å²) in [4.78, 5) is 7.30. The fraction of sp³-hybridized carbons (Fsp3) is 0.0682. The monoisotopic (exact) mass is 604 g/mol. The van der Waals surface area contributed by atoms with Gasteiger partial charge in [-0.3, -0.25) is 0 Å². The highest BCUT2D eigenvalue weighted by atomic mass is 16.3. The van der Waals surface area contributed by atoms with Crippen LogP contribution in [0.15, 0.2) is 162 Å². The molecule has 47 heavy (non-hydrogen) atoms. The Morgan fingerprint density at radius 2 is 1.15 bits per heavy atom. The first-order valence-electron chi connectivity index (χ1n) is 16.1. The summed E-state index contributed by atoms with van der Waals surface area (Å²) in [6.07, 6.45) is 0. The molecule has 0 spiro atoms. The first-order valence-corrected chi connectivity index (χ1v) is 16.1. The normalized spacial score (nSPS) is 13.1. The van der Waals surface area contributed by atoms with Crippen molar-refractivity contribution >= 4 is 38.9 Å². The summed E-state index contributed by atoms with van der Waals surface area (Å²) >= 11 is 0. The molecule has 0 bridgehead atoms. The van der Waals surface area contributed by atoms with E-state index in [9.17, 15) is 0 Å². The minimum Gasteiger partial charge on any atom is -0.436 e. The topological polar surface area (TPSA) is 29.3 Å². The molecule has 0 radical (unpaired) electrons. The smallest absolute Gasteiger partial charge is 0.227 e. The summed E-state index contributed by atoms with van der Waals surface area (Å²) in [7, 11) is 0. The van der Waals surface area contributed by atoms with Crippen molar-refractivity contribution in [2.24, 2.45) is 0 Å². The number of benzene rings is 7. The number of rotatable bonds is 5. The van der Waals surface area contributed by atoms with Crippen molar-refractivity contribution in [2.45, 2.75) is 19.3 Å². The lowest BCUT2D eigenvalue weighted by atomic mass is 9.82. The highest BCUT2D eigenvalue weighted by molar-refractivity contribution is 6.12. The second kappa shape index (κ2) is 10.6. The minimum absolute atomic E-state index is 0.0349. The van der Waals surface area contributed by atoms with Gasteiger partial charge in [-0.15, -0.1) is 0 Å². The second-order valence-corrected chi connectivity index (χ2v) is 12.8. The van der Waals surface area contributed by atoms with Gasteiger partial charge < -0.3 is 9.32 Å². The van der Waals surface area contributed by atoms with Gasteiger partial charge in [0.15, 0.2) is 5.58 Å². The molecule has 0 fully saturated rings. The van der Waals surface area contributed by atoms with Gasteiger partial charge in [-0.2, -0.15) is 0 Å². The molecule has 224 valence electrons. The third kappa shape index (κ3) is 4.31. The standard InChI is InChI=1S/C44H32N2O/c1-44(2)37-22-12-11-20-36(37)41-33(21-13-23-38(41)44)29-24-26-32(27-25-29)46(31-16-7-4-8-17-31)39-28-40-42(35-19-10-9-18-34(35)39)45-43(47-40)30-14-5-3-6-15-30/h3-28H,1-2H3. The molecule has 7 aromatic carbocycles. The highest BCUT2D eigenvalue weighted by Crippen LogP contribution is 2.52. The predicted octanol–water partition coefficient (Wildman–Crippen LogP) is 12.1. The van der Waals surface area contributed by atoms with Crippen molar-refractivity contribution in [3.8, 4) is 33.7 Å². The molecule has 0 atom stereocenters. The summed E-state index contributed by atoms with van der Waals surface area (Å²) in [5.74, 6) is 0.624. The minimum atomic E-state index is -0.0349. The van der Waals surface area contributed by atoms with Gasteiger partial charge in [0.1, 0.15) is 5.52 Å². The summed E-state index contributed by atoms with van der Waals surface area (Å²) in [5, 5.41) is 2.17. The van der Waals surface area contributed by atoms with Crippen molar-refractivity contribution < 1.29 is 4.42 Å². The molecule has 3 heteroatoms. The molecule has 1 heterocycles. The van der Waals surface area contributed by atoms with Crippen LogP contribution in [0, 0.1) is 0 Å². The van der Waals surface area contributed by atoms with E-state index >= 15 is 0 Å². The van der Waals surface area contributed by atoms with Crippen LogP contribution in [0.5, 0.6) is 0 Å². The van der Waals surface area contributed by atoms with E-state index in [1.165, 1.54) is 33.4 Å². The van der Waals surface area contributed by atoms with E-state index < -0.39 is 0 Å². The number of aromatic nitrogens is 1. The van der Waals surface area contributed by atoms with Crippen LogP contribution in [-0.4, -0.2) is 4.98 Å². The third-order valence-corrected chi connectivity index (χ3v) is 9.70. The van der Waals surface area contributed by atoms with E-state index in [-0.39, 0.29) is 5.41 Å². The van der Waals surface area contributed by atoms with E-state index in [0.29, 0.717) is 5.89 Å². The lowest BCUT2D eigenvalue weighted by molar-refractivity contribution is 0.620. The lowest BCUT2D eigenvalue weighted by Gasteiger charge is -2.27. The molecule has 0 amide bonds. The molecule has 1 aliphatic rings. The Labute approximate surface area is 274 Å². The fourth-order valence-corrected chi connectivity index (χ4v) is 7.42. The zero-order chi connectivity index (χ0) is 31.5. The molecule has 8 aromatic rings. The third-order valence-electron chi connectivity index (χ3n) is 9.70. The van der Waals surface area contributed by atoms with Gasteiger partial charge >= 0.3 is 0 Å². The van der Waals surface area contributed by atoms with Crippen LogP contribution in [0.1, 0.15) is 25.0 Å². The number of fused-ring (bicyclic) bond motifs is 6. The number of hydrogen-bond donors (Lipinski definition) is 0. The molecular weight excluding hydrogens is 572 g/mol. The van der Waals surface area contributed by atoms with Crippen LogP contribution in [0.4, 0.5) is 17.1 Å². The number of hydrogen-bond acceptors (Lipinski definition) is 3. The Kier molecular flexibility index (Phi) is 6.16. The maximum absolute atomic E-state index is 6.45. The fourth-order valence-electron chi connectivity index (χ4n) is 7.42. The molecule has 0 aliphatic heterocycles. The molecule has 0 unspecified atom stereocenters. The Bertz CT molecular complexity index is 2420.